The quantitative estimate of drug-likeness (QED) is 0.429. The van der Waals surface area contributed by atoms with Crippen molar-refractivity contribution in [3.8, 4) is 11.8 Å². The molecule has 6 rings (SSSR count). The topological polar surface area (TPSA) is 125 Å². The zero-order valence-electron chi connectivity index (χ0n) is 17.5. The van der Waals surface area contributed by atoms with Gasteiger partial charge in [0.05, 0.1) is 34.2 Å². The molecule has 1 atom stereocenters. The van der Waals surface area contributed by atoms with Crippen molar-refractivity contribution < 1.29 is 4.79 Å². The standard InChI is InChI=1S/C23H15ClN8O2/c24-16-6-7-31-19(16)23(34)32(14-4-2-1-3-5-14)21(29-31)17-8-15(33)11-30(17)22-18-13(9-25)10-26-20(18)27-12-28-22/h1-7,10,12,17H,8,11H2,(H,26,27,28). The first-order valence-electron chi connectivity index (χ1n) is 10.4. The van der Waals surface area contributed by atoms with E-state index in [9.17, 15) is 14.9 Å². The van der Waals surface area contributed by atoms with Crippen molar-refractivity contribution in [1.82, 2.24) is 29.1 Å². The molecule has 0 radical (unpaired) electrons. The Balaban J connectivity index is 1.63. The van der Waals surface area contributed by atoms with Crippen molar-refractivity contribution in [2.45, 2.75) is 12.5 Å². The first kappa shape index (κ1) is 20.1. The summed E-state index contributed by atoms with van der Waals surface area (Å²) in [6, 6.07) is 12.2. The lowest BCUT2D eigenvalue weighted by Crippen LogP contribution is -2.33. The molecule has 1 aliphatic rings. The monoisotopic (exact) mass is 470 g/mol. The van der Waals surface area contributed by atoms with E-state index in [1.165, 1.54) is 15.4 Å². The number of hydrogen-bond donors (Lipinski definition) is 1. The Morgan fingerprint density at radius 2 is 1.97 bits per heavy atom. The molecule has 5 heterocycles. The van der Waals surface area contributed by atoms with Crippen LogP contribution >= 0.6 is 11.6 Å². The maximum Gasteiger partial charge on any atom is 0.284 e. The number of rotatable bonds is 3. The van der Waals surface area contributed by atoms with Crippen LogP contribution in [0, 0.1) is 11.3 Å². The van der Waals surface area contributed by atoms with Gasteiger partial charge in [-0.05, 0) is 18.2 Å². The number of halogens is 1. The van der Waals surface area contributed by atoms with Gasteiger partial charge in [0, 0.05) is 18.8 Å². The number of H-pyrrole nitrogens is 1. The molecule has 0 amide bonds. The number of carbonyl (C=O) groups is 1. The Kier molecular flexibility index (Phi) is 4.46. The molecule has 1 unspecified atom stereocenters. The highest BCUT2D eigenvalue weighted by molar-refractivity contribution is 6.33. The summed E-state index contributed by atoms with van der Waals surface area (Å²) in [7, 11) is 0. The van der Waals surface area contributed by atoms with Gasteiger partial charge >= 0.3 is 0 Å². The molecule has 34 heavy (non-hydrogen) atoms. The van der Waals surface area contributed by atoms with Crippen molar-refractivity contribution in [3.05, 3.63) is 81.9 Å². The summed E-state index contributed by atoms with van der Waals surface area (Å²) in [6.45, 7) is 0.0575. The number of aromatic amines is 1. The van der Waals surface area contributed by atoms with Crippen LogP contribution in [0.2, 0.25) is 5.02 Å². The van der Waals surface area contributed by atoms with Gasteiger partial charge in [-0.15, -0.1) is 0 Å². The molecule has 0 saturated carbocycles. The van der Waals surface area contributed by atoms with Crippen molar-refractivity contribution in [1.29, 1.82) is 5.26 Å². The number of nitrogens with zero attached hydrogens (tertiary/aromatic N) is 7. The zero-order valence-corrected chi connectivity index (χ0v) is 18.3. The van der Waals surface area contributed by atoms with Gasteiger partial charge in [-0.25, -0.2) is 14.5 Å². The van der Waals surface area contributed by atoms with E-state index in [2.05, 4.69) is 21.0 Å². The lowest BCUT2D eigenvalue weighted by Gasteiger charge is -2.27. The largest absolute Gasteiger partial charge is 0.345 e. The summed E-state index contributed by atoms with van der Waals surface area (Å²) in [5.74, 6) is 0.756. The number of aromatic nitrogens is 6. The van der Waals surface area contributed by atoms with Crippen molar-refractivity contribution in [3.63, 3.8) is 0 Å². The molecule has 166 valence electrons. The molecule has 11 heteroatoms. The molecule has 10 nitrogen and oxygen atoms in total. The van der Waals surface area contributed by atoms with Crippen LogP contribution in [0.3, 0.4) is 0 Å². The summed E-state index contributed by atoms with van der Waals surface area (Å²) in [4.78, 5) is 39.7. The SMILES string of the molecule is N#Cc1c[nH]c2ncnc(N3CC(=O)CC3c3nn4ccc(Cl)c4c(=O)n3-c3ccccc3)c12. The van der Waals surface area contributed by atoms with Gasteiger partial charge in [0.25, 0.3) is 5.56 Å². The van der Waals surface area contributed by atoms with E-state index in [4.69, 9.17) is 16.7 Å². The lowest BCUT2D eigenvalue weighted by atomic mass is 10.1. The number of Topliss-reactive ketones (excluding diaryl/α,β-unsaturated/α-hetero) is 1. The third-order valence-corrected chi connectivity index (χ3v) is 6.27. The number of nitriles is 1. The van der Waals surface area contributed by atoms with Gasteiger partial charge in [0.2, 0.25) is 0 Å². The molecule has 1 aromatic carbocycles. The Bertz CT molecular complexity index is 1700. The van der Waals surface area contributed by atoms with E-state index in [0.717, 1.165) is 0 Å². The van der Waals surface area contributed by atoms with E-state index in [1.54, 1.807) is 35.5 Å². The Hall–Kier alpha value is -4.49. The van der Waals surface area contributed by atoms with Crippen LogP contribution in [0.4, 0.5) is 5.82 Å². The molecule has 1 saturated heterocycles. The van der Waals surface area contributed by atoms with Crippen molar-refractivity contribution >= 4 is 39.8 Å². The van der Waals surface area contributed by atoms with Gasteiger partial charge in [-0.1, -0.05) is 29.8 Å². The molecule has 0 spiro atoms. The first-order chi connectivity index (χ1) is 16.6. The number of fused-ring (bicyclic) bond motifs is 2. The number of para-hydroxylation sites is 1. The third kappa shape index (κ3) is 2.91. The van der Waals surface area contributed by atoms with Crippen molar-refractivity contribution in [2.75, 3.05) is 11.4 Å². The summed E-state index contributed by atoms with van der Waals surface area (Å²) >= 11 is 6.29. The second-order valence-electron chi connectivity index (χ2n) is 7.91. The van der Waals surface area contributed by atoms with Crippen LogP contribution in [0.1, 0.15) is 23.9 Å². The Morgan fingerprint density at radius 3 is 2.76 bits per heavy atom. The average Bonchev–Trinajstić information content (AvgIpc) is 3.55. The Morgan fingerprint density at radius 1 is 1.15 bits per heavy atom. The summed E-state index contributed by atoms with van der Waals surface area (Å²) in [5, 5.41) is 15.1. The fourth-order valence-electron chi connectivity index (χ4n) is 4.49. The number of hydrogen-bond acceptors (Lipinski definition) is 7. The number of benzene rings is 1. The van der Waals surface area contributed by atoms with Gasteiger partial charge in [0.1, 0.15) is 29.4 Å². The summed E-state index contributed by atoms with van der Waals surface area (Å²) in [5.41, 5.74) is 1.34. The van der Waals surface area contributed by atoms with Crippen LogP contribution in [0.15, 0.2) is 59.9 Å². The minimum Gasteiger partial charge on any atom is -0.345 e. The molecular weight excluding hydrogens is 456 g/mol. The predicted molar refractivity (Wildman–Crippen MR) is 124 cm³/mol. The number of nitrogens with one attached hydrogen (secondary N) is 1. The molecule has 4 aromatic heterocycles. The highest BCUT2D eigenvalue weighted by atomic mass is 35.5. The van der Waals surface area contributed by atoms with Crippen LogP contribution in [-0.2, 0) is 4.79 Å². The van der Waals surface area contributed by atoms with E-state index >= 15 is 0 Å². The van der Waals surface area contributed by atoms with Crippen molar-refractivity contribution in [2.24, 2.45) is 0 Å². The Labute approximate surface area is 196 Å². The maximum absolute atomic E-state index is 13.6. The van der Waals surface area contributed by atoms with Gasteiger partial charge in [-0.2, -0.15) is 10.4 Å². The molecule has 1 fully saturated rings. The van der Waals surface area contributed by atoms with Gasteiger partial charge < -0.3 is 9.88 Å². The fourth-order valence-corrected chi connectivity index (χ4v) is 4.71. The van der Waals surface area contributed by atoms with E-state index in [-0.39, 0.29) is 34.8 Å². The molecule has 0 aliphatic carbocycles. The van der Waals surface area contributed by atoms with E-state index < -0.39 is 6.04 Å². The normalized spacial score (nSPS) is 15.9. The molecule has 1 aliphatic heterocycles. The lowest BCUT2D eigenvalue weighted by molar-refractivity contribution is -0.116. The van der Waals surface area contributed by atoms with Crippen LogP contribution in [-0.4, -0.2) is 41.5 Å². The highest BCUT2D eigenvalue weighted by Crippen LogP contribution is 2.37. The molecule has 0 bridgehead atoms. The van der Waals surface area contributed by atoms with Gasteiger partial charge in [0.15, 0.2) is 11.6 Å². The fraction of sp³-hybridized carbons (Fsp3) is 0.130. The van der Waals surface area contributed by atoms with Gasteiger partial charge in [-0.3, -0.25) is 14.2 Å². The molecular formula is C23H15ClN8O2. The zero-order chi connectivity index (χ0) is 23.4. The van der Waals surface area contributed by atoms with Crippen LogP contribution < -0.4 is 10.5 Å². The van der Waals surface area contributed by atoms with Crippen LogP contribution in [0.5, 0.6) is 0 Å². The number of anilines is 1. The minimum absolute atomic E-state index is 0.0368. The first-order valence-corrected chi connectivity index (χ1v) is 10.8. The second-order valence-corrected chi connectivity index (χ2v) is 8.32. The highest BCUT2D eigenvalue weighted by Gasteiger charge is 2.38. The maximum atomic E-state index is 13.6. The third-order valence-electron chi connectivity index (χ3n) is 5.96. The molecule has 1 N–H and O–H groups in total. The summed E-state index contributed by atoms with van der Waals surface area (Å²) < 4.78 is 2.92. The smallest absolute Gasteiger partial charge is 0.284 e. The van der Waals surface area contributed by atoms with E-state index in [0.29, 0.717) is 33.9 Å². The minimum atomic E-state index is -0.606. The number of carbonyl (C=O) groups excluding carboxylic acids is 1. The number of ketones is 1. The van der Waals surface area contributed by atoms with Crippen LogP contribution in [0.25, 0.3) is 22.2 Å². The average molecular weight is 471 g/mol. The molecule has 5 aromatic rings. The van der Waals surface area contributed by atoms with E-state index in [1.807, 2.05) is 18.2 Å². The second kappa shape index (κ2) is 7.54. The summed E-state index contributed by atoms with van der Waals surface area (Å²) in [6.07, 6.45) is 4.67. The predicted octanol–water partition coefficient (Wildman–Crippen LogP) is 2.80.